The van der Waals surface area contributed by atoms with Crippen molar-refractivity contribution in [2.24, 2.45) is 0 Å². The van der Waals surface area contributed by atoms with Gasteiger partial charge in [0, 0.05) is 0 Å². The van der Waals surface area contributed by atoms with Crippen molar-refractivity contribution in [2.75, 3.05) is 5.75 Å². The molecule has 0 atom stereocenters. The summed E-state index contributed by atoms with van der Waals surface area (Å²) < 4.78 is 0. The van der Waals surface area contributed by atoms with E-state index in [4.69, 9.17) is 0 Å². The Morgan fingerprint density at radius 2 is 1.73 bits per heavy atom. The highest BCUT2D eigenvalue weighted by molar-refractivity contribution is 7.80. The molecular formula is C14H22S. The molecule has 84 valence electrons. The van der Waals surface area contributed by atoms with E-state index in [0.717, 1.165) is 5.75 Å². The molecule has 0 aliphatic rings. The second-order valence-electron chi connectivity index (χ2n) is 4.32. The van der Waals surface area contributed by atoms with Gasteiger partial charge in [0.2, 0.25) is 0 Å². The van der Waals surface area contributed by atoms with Gasteiger partial charge >= 0.3 is 0 Å². The summed E-state index contributed by atoms with van der Waals surface area (Å²) in [5, 5.41) is 0. The van der Waals surface area contributed by atoms with Crippen molar-refractivity contribution in [1.29, 1.82) is 0 Å². The third-order valence-electron chi connectivity index (χ3n) is 2.85. The zero-order valence-electron chi connectivity index (χ0n) is 9.92. The van der Waals surface area contributed by atoms with E-state index in [1.807, 2.05) is 0 Å². The van der Waals surface area contributed by atoms with Crippen LogP contribution in [0.2, 0.25) is 0 Å². The van der Waals surface area contributed by atoms with E-state index in [2.05, 4.69) is 44.7 Å². The lowest BCUT2D eigenvalue weighted by atomic mass is 10.00. The Morgan fingerprint density at radius 3 is 2.40 bits per heavy atom. The molecular weight excluding hydrogens is 200 g/mol. The first-order valence-corrected chi connectivity index (χ1v) is 6.54. The second kappa shape index (κ2) is 6.95. The maximum atomic E-state index is 4.22. The first-order chi connectivity index (χ1) is 7.24. The minimum Gasteiger partial charge on any atom is -0.179 e. The second-order valence-corrected chi connectivity index (χ2v) is 4.76. The van der Waals surface area contributed by atoms with Crippen LogP contribution in [-0.2, 0) is 6.42 Å². The highest BCUT2D eigenvalue weighted by atomic mass is 32.1. The molecule has 0 saturated carbocycles. The lowest BCUT2D eigenvalue weighted by Gasteiger charge is -2.06. The molecule has 0 aliphatic heterocycles. The topological polar surface area (TPSA) is 0 Å². The summed E-state index contributed by atoms with van der Waals surface area (Å²) >= 11 is 4.22. The fourth-order valence-corrected chi connectivity index (χ4v) is 2.13. The Hall–Kier alpha value is -0.430. The predicted octanol–water partition coefficient (Wildman–Crippen LogP) is 4.34. The minimum absolute atomic E-state index is 1.03. The first kappa shape index (κ1) is 12.6. The number of hydrogen-bond acceptors (Lipinski definition) is 1. The quantitative estimate of drug-likeness (QED) is 0.537. The molecule has 1 aromatic rings. The van der Waals surface area contributed by atoms with Gasteiger partial charge in [0.15, 0.2) is 0 Å². The number of aryl methyl sites for hydroxylation is 3. The summed E-state index contributed by atoms with van der Waals surface area (Å²) in [6.07, 6.45) is 6.48. The molecule has 0 bridgehead atoms. The fourth-order valence-electron chi connectivity index (χ4n) is 1.91. The highest BCUT2D eigenvalue weighted by Crippen LogP contribution is 2.14. The summed E-state index contributed by atoms with van der Waals surface area (Å²) in [7, 11) is 0. The van der Waals surface area contributed by atoms with Crippen LogP contribution in [-0.4, -0.2) is 5.75 Å². The maximum absolute atomic E-state index is 4.22. The predicted molar refractivity (Wildman–Crippen MR) is 71.9 cm³/mol. The Bertz CT molecular complexity index is 291. The summed E-state index contributed by atoms with van der Waals surface area (Å²) in [4.78, 5) is 0. The van der Waals surface area contributed by atoms with Crippen LogP contribution in [0.25, 0.3) is 0 Å². The molecule has 15 heavy (non-hydrogen) atoms. The van der Waals surface area contributed by atoms with E-state index in [9.17, 15) is 0 Å². The molecule has 0 nitrogen and oxygen atoms in total. The monoisotopic (exact) mass is 222 g/mol. The number of thiol groups is 1. The lowest BCUT2D eigenvalue weighted by Crippen LogP contribution is -1.91. The lowest BCUT2D eigenvalue weighted by molar-refractivity contribution is 0.669. The van der Waals surface area contributed by atoms with Gasteiger partial charge in [-0.2, -0.15) is 12.6 Å². The third kappa shape index (κ3) is 4.74. The normalized spacial score (nSPS) is 10.6. The van der Waals surface area contributed by atoms with Crippen LogP contribution >= 0.6 is 12.6 Å². The first-order valence-electron chi connectivity index (χ1n) is 5.91. The molecule has 0 unspecified atom stereocenters. The van der Waals surface area contributed by atoms with Crippen LogP contribution < -0.4 is 0 Å². The van der Waals surface area contributed by atoms with E-state index in [0.29, 0.717) is 0 Å². The van der Waals surface area contributed by atoms with Gasteiger partial charge < -0.3 is 0 Å². The molecule has 1 rings (SSSR count). The molecule has 1 heteroatoms. The van der Waals surface area contributed by atoms with E-state index in [-0.39, 0.29) is 0 Å². The largest absolute Gasteiger partial charge is 0.179 e. The van der Waals surface area contributed by atoms with Gasteiger partial charge in [-0.25, -0.2) is 0 Å². The SMILES string of the molecule is Cc1ccc(CCCCCCS)c(C)c1. The average Bonchev–Trinajstić information content (AvgIpc) is 2.20. The van der Waals surface area contributed by atoms with Crippen molar-refractivity contribution in [2.45, 2.75) is 46.0 Å². The number of benzene rings is 1. The molecule has 1 aromatic carbocycles. The molecule has 0 heterocycles. The Balaban J connectivity index is 2.31. The van der Waals surface area contributed by atoms with Crippen LogP contribution in [0.4, 0.5) is 0 Å². The highest BCUT2D eigenvalue weighted by Gasteiger charge is 1.98. The van der Waals surface area contributed by atoms with Crippen molar-refractivity contribution in [3.8, 4) is 0 Å². The number of hydrogen-bond donors (Lipinski definition) is 1. The van der Waals surface area contributed by atoms with Crippen molar-refractivity contribution >= 4 is 12.6 Å². The smallest absolute Gasteiger partial charge is 0.00979 e. The van der Waals surface area contributed by atoms with Gasteiger partial charge in [-0.3, -0.25) is 0 Å². The number of unbranched alkanes of at least 4 members (excludes halogenated alkanes) is 3. The third-order valence-corrected chi connectivity index (χ3v) is 3.17. The van der Waals surface area contributed by atoms with E-state index in [1.165, 1.54) is 48.8 Å². The van der Waals surface area contributed by atoms with Gasteiger partial charge in [0.1, 0.15) is 0 Å². The van der Waals surface area contributed by atoms with Gasteiger partial charge in [-0.15, -0.1) is 0 Å². The summed E-state index contributed by atoms with van der Waals surface area (Å²) in [5.41, 5.74) is 4.34. The van der Waals surface area contributed by atoms with Crippen molar-refractivity contribution in [3.05, 3.63) is 34.9 Å². The van der Waals surface area contributed by atoms with Crippen molar-refractivity contribution in [1.82, 2.24) is 0 Å². The van der Waals surface area contributed by atoms with Crippen LogP contribution in [0.1, 0.15) is 42.4 Å². The molecule has 0 aliphatic carbocycles. The van der Waals surface area contributed by atoms with Gasteiger partial charge in [-0.1, -0.05) is 36.6 Å². The van der Waals surface area contributed by atoms with E-state index < -0.39 is 0 Å². The van der Waals surface area contributed by atoms with Gasteiger partial charge in [0.25, 0.3) is 0 Å². The molecule has 0 spiro atoms. The zero-order valence-corrected chi connectivity index (χ0v) is 10.8. The van der Waals surface area contributed by atoms with Crippen LogP contribution in [0.15, 0.2) is 18.2 Å². The van der Waals surface area contributed by atoms with Crippen LogP contribution in [0.5, 0.6) is 0 Å². The Kier molecular flexibility index (Phi) is 5.85. The molecule has 0 radical (unpaired) electrons. The Labute approximate surface area is 99.5 Å². The van der Waals surface area contributed by atoms with Gasteiger partial charge in [0.05, 0.1) is 0 Å². The average molecular weight is 222 g/mol. The summed E-state index contributed by atoms with van der Waals surface area (Å²) in [6, 6.07) is 6.78. The van der Waals surface area contributed by atoms with E-state index in [1.54, 1.807) is 0 Å². The Morgan fingerprint density at radius 1 is 1.00 bits per heavy atom. The standard InChI is InChI=1S/C14H22S/c1-12-8-9-14(13(2)11-12)7-5-3-4-6-10-15/h8-9,11,15H,3-7,10H2,1-2H3. The molecule has 0 N–H and O–H groups in total. The molecule has 0 saturated heterocycles. The van der Waals surface area contributed by atoms with Gasteiger partial charge in [-0.05, 0) is 50.0 Å². The fraction of sp³-hybridized carbons (Fsp3) is 0.571. The summed E-state index contributed by atoms with van der Waals surface area (Å²) in [6.45, 7) is 4.37. The molecule has 0 aromatic heterocycles. The zero-order chi connectivity index (χ0) is 11.1. The minimum atomic E-state index is 1.03. The number of rotatable bonds is 6. The van der Waals surface area contributed by atoms with Crippen molar-refractivity contribution < 1.29 is 0 Å². The molecule has 0 amide bonds. The van der Waals surface area contributed by atoms with Crippen LogP contribution in [0, 0.1) is 13.8 Å². The van der Waals surface area contributed by atoms with E-state index >= 15 is 0 Å². The van der Waals surface area contributed by atoms with Crippen LogP contribution in [0.3, 0.4) is 0 Å². The van der Waals surface area contributed by atoms with Crippen molar-refractivity contribution in [3.63, 3.8) is 0 Å². The summed E-state index contributed by atoms with van der Waals surface area (Å²) in [5.74, 6) is 1.03. The maximum Gasteiger partial charge on any atom is -0.00979 e. The molecule has 0 fully saturated rings.